The molecule has 126 valence electrons. The molecule has 0 fully saturated rings. The van der Waals surface area contributed by atoms with Gasteiger partial charge in [0.25, 0.3) is 0 Å². The molecule has 0 unspecified atom stereocenters. The van der Waals surface area contributed by atoms with Crippen LogP contribution in [-0.2, 0) is 11.3 Å². The standard InChI is InChI=1S/C19H18N4O2/c24-18(10-5-11-23-13-20-12-21-23)22-19-14-6-1-3-8-16(14)25-17-9-4-2-7-15(17)19/h1-4,6-9,12-13,19H,5,10-11H2,(H,22,24). The van der Waals surface area contributed by atoms with Crippen molar-refractivity contribution in [3.8, 4) is 11.5 Å². The lowest BCUT2D eigenvalue weighted by molar-refractivity contribution is -0.121. The van der Waals surface area contributed by atoms with Gasteiger partial charge in [-0.1, -0.05) is 36.4 Å². The van der Waals surface area contributed by atoms with Crippen molar-refractivity contribution in [1.29, 1.82) is 0 Å². The Bertz CT molecular complexity index is 831. The Morgan fingerprint density at radius 1 is 1.08 bits per heavy atom. The van der Waals surface area contributed by atoms with Crippen molar-refractivity contribution in [2.24, 2.45) is 0 Å². The number of benzene rings is 2. The van der Waals surface area contributed by atoms with Crippen molar-refractivity contribution < 1.29 is 9.53 Å². The van der Waals surface area contributed by atoms with Crippen LogP contribution in [0.5, 0.6) is 11.5 Å². The first kappa shape index (κ1) is 15.4. The monoisotopic (exact) mass is 334 g/mol. The molecule has 2 heterocycles. The maximum atomic E-state index is 12.5. The quantitative estimate of drug-likeness (QED) is 0.778. The highest BCUT2D eigenvalue weighted by Crippen LogP contribution is 2.42. The van der Waals surface area contributed by atoms with Gasteiger partial charge in [-0.15, -0.1) is 0 Å². The number of hydrogen-bond acceptors (Lipinski definition) is 4. The van der Waals surface area contributed by atoms with Crippen molar-refractivity contribution >= 4 is 5.91 Å². The third-order valence-corrected chi connectivity index (χ3v) is 4.24. The highest BCUT2D eigenvalue weighted by molar-refractivity contribution is 5.77. The van der Waals surface area contributed by atoms with Crippen LogP contribution in [0.2, 0.25) is 0 Å². The summed E-state index contributed by atoms with van der Waals surface area (Å²) in [4.78, 5) is 16.4. The number of amides is 1. The van der Waals surface area contributed by atoms with Gasteiger partial charge < -0.3 is 10.1 Å². The molecule has 25 heavy (non-hydrogen) atoms. The minimum absolute atomic E-state index is 0.0108. The van der Waals surface area contributed by atoms with Gasteiger partial charge in [-0.3, -0.25) is 9.48 Å². The first-order valence-electron chi connectivity index (χ1n) is 8.29. The Hall–Kier alpha value is -3.15. The van der Waals surface area contributed by atoms with E-state index < -0.39 is 0 Å². The summed E-state index contributed by atoms with van der Waals surface area (Å²) in [5.74, 6) is 1.58. The summed E-state index contributed by atoms with van der Waals surface area (Å²) >= 11 is 0. The van der Waals surface area contributed by atoms with E-state index in [4.69, 9.17) is 4.74 Å². The topological polar surface area (TPSA) is 69.0 Å². The van der Waals surface area contributed by atoms with Gasteiger partial charge >= 0.3 is 0 Å². The average molecular weight is 334 g/mol. The van der Waals surface area contributed by atoms with E-state index in [0.717, 1.165) is 22.6 Å². The lowest BCUT2D eigenvalue weighted by Crippen LogP contribution is -2.31. The van der Waals surface area contributed by atoms with Crippen molar-refractivity contribution in [2.45, 2.75) is 25.4 Å². The Balaban J connectivity index is 1.48. The number of nitrogens with zero attached hydrogens (tertiary/aromatic N) is 3. The number of carbonyl (C=O) groups is 1. The molecule has 2 aromatic carbocycles. The number of aromatic nitrogens is 3. The molecule has 3 aromatic rings. The van der Waals surface area contributed by atoms with E-state index in [1.807, 2.05) is 48.5 Å². The number of aryl methyl sites for hydroxylation is 1. The molecule has 0 aliphatic carbocycles. The largest absolute Gasteiger partial charge is 0.457 e. The second-order valence-electron chi connectivity index (χ2n) is 5.94. The van der Waals surface area contributed by atoms with Gasteiger partial charge in [0, 0.05) is 24.1 Å². The molecule has 0 radical (unpaired) electrons. The molecule has 0 saturated carbocycles. The van der Waals surface area contributed by atoms with E-state index in [1.165, 1.54) is 6.33 Å². The normalized spacial score (nSPS) is 12.8. The van der Waals surface area contributed by atoms with E-state index >= 15 is 0 Å². The summed E-state index contributed by atoms with van der Waals surface area (Å²) in [6, 6.07) is 15.4. The second-order valence-corrected chi connectivity index (χ2v) is 5.94. The Labute approximate surface area is 145 Å². The van der Waals surface area contributed by atoms with Gasteiger partial charge in [-0.25, -0.2) is 4.98 Å². The molecule has 1 aromatic heterocycles. The average Bonchev–Trinajstić information content (AvgIpc) is 3.15. The zero-order valence-electron chi connectivity index (χ0n) is 13.6. The molecule has 0 bridgehead atoms. The first-order valence-corrected chi connectivity index (χ1v) is 8.29. The van der Waals surface area contributed by atoms with Crippen LogP contribution in [-0.4, -0.2) is 20.7 Å². The Morgan fingerprint density at radius 2 is 1.76 bits per heavy atom. The molecule has 6 heteroatoms. The van der Waals surface area contributed by atoms with E-state index in [2.05, 4.69) is 15.4 Å². The van der Waals surface area contributed by atoms with Gasteiger partial charge in [0.2, 0.25) is 5.91 Å². The van der Waals surface area contributed by atoms with Crippen LogP contribution in [0, 0.1) is 0 Å². The predicted octanol–water partition coefficient (Wildman–Crippen LogP) is 3.07. The van der Waals surface area contributed by atoms with Crippen LogP contribution in [0.15, 0.2) is 61.2 Å². The highest BCUT2D eigenvalue weighted by atomic mass is 16.5. The molecule has 4 rings (SSSR count). The maximum Gasteiger partial charge on any atom is 0.220 e. The number of para-hydroxylation sites is 2. The molecule has 6 nitrogen and oxygen atoms in total. The van der Waals surface area contributed by atoms with Crippen molar-refractivity contribution in [3.05, 3.63) is 72.3 Å². The van der Waals surface area contributed by atoms with Crippen molar-refractivity contribution in [3.63, 3.8) is 0 Å². The molecule has 1 aliphatic heterocycles. The highest BCUT2D eigenvalue weighted by Gasteiger charge is 2.27. The summed E-state index contributed by atoms with van der Waals surface area (Å²) in [5.41, 5.74) is 1.96. The van der Waals surface area contributed by atoms with Crippen LogP contribution in [0.25, 0.3) is 0 Å². The molecule has 1 aliphatic rings. The fourth-order valence-electron chi connectivity index (χ4n) is 3.05. The van der Waals surface area contributed by atoms with Crippen LogP contribution in [0.3, 0.4) is 0 Å². The SMILES string of the molecule is O=C(CCCn1cncn1)NC1c2ccccc2Oc2ccccc21. The molecular weight excluding hydrogens is 316 g/mol. The van der Waals surface area contributed by atoms with E-state index in [0.29, 0.717) is 19.4 Å². The molecule has 0 atom stereocenters. The third kappa shape index (κ3) is 3.24. The molecule has 0 spiro atoms. The predicted molar refractivity (Wildman–Crippen MR) is 92.2 cm³/mol. The first-order chi connectivity index (χ1) is 12.3. The van der Waals surface area contributed by atoms with E-state index in [9.17, 15) is 4.79 Å². The number of hydrogen-bond donors (Lipinski definition) is 1. The van der Waals surface area contributed by atoms with Crippen LogP contribution < -0.4 is 10.1 Å². The summed E-state index contributed by atoms with van der Waals surface area (Å²) in [6.45, 7) is 0.675. The van der Waals surface area contributed by atoms with Gasteiger partial charge in [0.05, 0.1) is 6.04 Å². The number of rotatable bonds is 5. The minimum Gasteiger partial charge on any atom is -0.457 e. The van der Waals surface area contributed by atoms with Crippen molar-refractivity contribution in [2.75, 3.05) is 0 Å². The Kier molecular flexibility index (Phi) is 4.16. The fourth-order valence-corrected chi connectivity index (χ4v) is 3.05. The number of ether oxygens (including phenoxy) is 1. The third-order valence-electron chi connectivity index (χ3n) is 4.24. The summed E-state index contributed by atoms with van der Waals surface area (Å²) in [5, 5.41) is 7.19. The van der Waals surface area contributed by atoms with Gasteiger partial charge in [-0.2, -0.15) is 5.10 Å². The van der Waals surface area contributed by atoms with Crippen LogP contribution in [0.4, 0.5) is 0 Å². The van der Waals surface area contributed by atoms with E-state index in [1.54, 1.807) is 11.0 Å². The lowest BCUT2D eigenvalue weighted by Gasteiger charge is -2.28. The Morgan fingerprint density at radius 3 is 2.40 bits per heavy atom. The summed E-state index contributed by atoms with van der Waals surface area (Å²) in [6.07, 6.45) is 4.29. The molecule has 0 saturated heterocycles. The fraction of sp³-hybridized carbons (Fsp3) is 0.211. The minimum atomic E-state index is -0.194. The lowest BCUT2D eigenvalue weighted by atomic mass is 9.94. The number of carbonyl (C=O) groups excluding carboxylic acids is 1. The maximum absolute atomic E-state index is 12.5. The summed E-state index contributed by atoms with van der Waals surface area (Å²) < 4.78 is 7.68. The van der Waals surface area contributed by atoms with Gasteiger partial charge in [0.1, 0.15) is 24.2 Å². The van der Waals surface area contributed by atoms with Crippen LogP contribution in [0.1, 0.15) is 30.0 Å². The zero-order valence-corrected chi connectivity index (χ0v) is 13.6. The van der Waals surface area contributed by atoms with Gasteiger partial charge in [-0.05, 0) is 18.6 Å². The van der Waals surface area contributed by atoms with Crippen molar-refractivity contribution in [1.82, 2.24) is 20.1 Å². The van der Waals surface area contributed by atoms with Crippen LogP contribution >= 0.6 is 0 Å². The molecule has 1 amide bonds. The second kappa shape index (κ2) is 6.76. The zero-order chi connectivity index (χ0) is 17.1. The number of fused-ring (bicyclic) bond motifs is 2. The van der Waals surface area contributed by atoms with E-state index in [-0.39, 0.29) is 11.9 Å². The number of nitrogens with one attached hydrogen (secondary N) is 1. The smallest absolute Gasteiger partial charge is 0.220 e. The summed E-state index contributed by atoms with van der Waals surface area (Å²) in [7, 11) is 0. The molecular formula is C19H18N4O2. The molecule has 1 N–H and O–H groups in total. The van der Waals surface area contributed by atoms with Gasteiger partial charge in [0.15, 0.2) is 0 Å².